The Hall–Kier alpha value is -5.41. The Bertz CT molecular complexity index is 1860. The topological polar surface area (TPSA) is 38.7 Å². The van der Waals surface area contributed by atoms with E-state index in [1.54, 1.807) is 0 Å². The minimum Gasteiger partial charge on any atom is -0.208 e. The fraction of sp³-hybridized carbons (Fsp3) is 0. The second-order valence-electron chi connectivity index (χ2n) is 9.69. The molecule has 188 valence electrons. The van der Waals surface area contributed by atoms with Gasteiger partial charge >= 0.3 is 0 Å². The summed E-state index contributed by atoms with van der Waals surface area (Å²) in [7, 11) is 0. The zero-order valence-corrected chi connectivity index (χ0v) is 21.8. The number of hydrogen-bond donors (Lipinski definition) is 0. The van der Waals surface area contributed by atoms with Gasteiger partial charge in [0.1, 0.15) is 0 Å². The van der Waals surface area contributed by atoms with E-state index in [-0.39, 0.29) is 0 Å². The molecule has 0 saturated heterocycles. The highest BCUT2D eigenvalue weighted by Gasteiger charge is 2.16. The van der Waals surface area contributed by atoms with Crippen molar-refractivity contribution >= 4 is 10.8 Å². The van der Waals surface area contributed by atoms with Gasteiger partial charge in [0.15, 0.2) is 17.5 Å². The smallest absolute Gasteiger partial charge is 0.164 e. The molecule has 0 atom stereocenters. The van der Waals surface area contributed by atoms with Crippen molar-refractivity contribution in [2.75, 3.05) is 0 Å². The highest BCUT2D eigenvalue weighted by molar-refractivity contribution is 6.04. The molecule has 0 aliphatic heterocycles. The fourth-order valence-corrected chi connectivity index (χ4v) is 5.15. The van der Waals surface area contributed by atoms with Gasteiger partial charge in [0.25, 0.3) is 0 Å². The number of benzene rings is 6. The van der Waals surface area contributed by atoms with Crippen molar-refractivity contribution in [1.29, 1.82) is 0 Å². The lowest BCUT2D eigenvalue weighted by Crippen LogP contribution is -2.00. The summed E-state index contributed by atoms with van der Waals surface area (Å²) in [6, 6.07) is 52.3. The zero-order valence-electron chi connectivity index (χ0n) is 21.8. The Balaban J connectivity index is 1.37. The Morgan fingerprint density at radius 1 is 0.250 bits per heavy atom. The van der Waals surface area contributed by atoms with E-state index in [2.05, 4.69) is 84.9 Å². The van der Waals surface area contributed by atoms with Gasteiger partial charge in [-0.25, -0.2) is 15.0 Å². The third-order valence-corrected chi connectivity index (χ3v) is 7.17. The molecule has 0 unspecified atom stereocenters. The minimum absolute atomic E-state index is 0.661. The first-order valence-corrected chi connectivity index (χ1v) is 13.4. The predicted molar refractivity (Wildman–Crippen MR) is 165 cm³/mol. The van der Waals surface area contributed by atoms with Gasteiger partial charge in [-0.3, -0.25) is 0 Å². The molecule has 0 spiro atoms. The van der Waals surface area contributed by atoms with Gasteiger partial charge in [0.2, 0.25) is 0 Å². The van der Waals surface area contributed by atoms with E-state index in [0.29, 0.717) is 17.5 Å². The van der Waals surface area contributed by atoms with E-state index in [9.17, 15) is 0 Å². The quantitative estimate of drug-likeness (QED) is 0.231. The molecule has 0 aliphatic carbocycles. The third kappa shape index (κ3) is 4.55. The number of fused-ring (bicyclic) bond motifs is 1. The molecule has 0 saturated carbocycles. The second kappa shape index (κ2) is 10.4. The van der Waals surface area contributed by atoms with Crippen molar-refractivity contribution in [2.45, 2.75) is 0 Å². The SMILES string of the molecule is c1ccc(-c2ccc(-c3ccc(-c4nc(-c5ccccc5)nc(-c5ccccc5)n4)c4ccccc34)cc2)cc1. The molecule has 0 bridgehead atoms. The van der Waals surface area contributed by atoms with E-state index in [4.69, 9.17) is 15.0 Å². The lowest BCUT2D eigenvalue weighted by molar-refractivity contribution is 1.08. The van der Waals surface area contributed by atoms with E-state index >= 15 is 0 Å². The van der Waals surface area contributed by atoms with Crippen LogP contribution < -0.4 is 0 Å². The Labute approximate surface area is 233 Å². The summed E-state index contributed by atoms with van der Waals surface area (Å²) in [5.74, 6) is 1.98. The van der Waals surface area contributed by atoms with Crippen LogP contribution in [0.2, 0.25) is 0 Å². The van der Waals surface area contributed by atoms with Crippen LogP contribution in [0.3, 0.4) is 0 Å². The van der Waals surface area contributed by atoms with Crippen molar-refractivity contribution in [2.24, 2.45) is 0 Å². The maximum Gasteiger partial charge on any atom is 0.164 e. The molecule has 1 aromatic heterocycles. The van der Waals surface area contributed by atoms with Gasteiger partial charge in [-0.2, -0.15) is 0 Å². The van der Waals surface area contributed by atoms with Crippen LogP contribution in [0.25, 0.3) is 67.2 Å². The average Bonchev–Trinajstić information content (AvgIpc) is 3.05. The zero-order chi connectivity index (χ0) is 26.7. The van der Waals surface area contributed by atoms with Crippen molar-refractivity contribution < 1.29 is 0 Å². The number of nitrogens with zero attached hydrogens (tertiary/aromatic N) is 3. The molecule has 7 rings (SSSR count). The number of rotatable bonds is 5. The summed E-state index contributed by atoms with van der Waals surface area (Å²) < 4.78 is 0. The van der Waals surface area contributed by atoms with Crippen LogP contribution in [0.15, 0.2) is 152 Å². The molecule has 3 heteroatoms. The largest absolute Gasteiger partial charge is 0.208 e. The normalized spacial score (nSPS) is 11.0. The van der Waals surface area contributed by atoms with Crippen molar-refractivity contribution in [3.63, 3.8) is 0 Å². The number of aromatic nitrogens is 3. The van der Waals surface area contributed by atoms with Gasteiger partial charge in [-0.1, -0.05) is 146 Å². The summed E-state index contributed by atoms with van der Waals surface area (Å²) in [6.07, 6.45) is 0. The first-order valence-electron chi connectivity index (χ1n) is 13.4. The lowest BCUT2D eigenvalue weighted by Gasteiger charge is -2.13. The lowest BCUT2D eigenvalue weighted by atomic mass is 9.93. The molecule has 0 N–H and O–H groups in total. The van der Waals surface area contributed by atoms with Gasteiger partial charge in [0, 0.05) is 16.7 Å². The maximum absolute atomic E-state index is 4.97. The van der Waals surface area contributed by atoms with Crippen molar-refractivity contribution in [3.05, 3.63) is 152 Å². The fourth-order valence-electron chi connectivity index (χ4n) is 5.15. The summed E-state index contributed by atoms with van der Waals surface area (Å²) in [6.45, 7) is 0. The molecule has 0 radical (unpaired) electrons. The Morgan fingerprint density at radius 2 is 0.625 bits per heavy atom. The molecule has 3 nitrogen and oxygen atoms in total. The van der Waals surface area contributed by atoms with Crippen LogP contribution in [0.1, 0.15) is 0 Å². The predicted octanol–water partition coefficient (Wildman–Crippen LogP) is 9.36. The molecule has 7 aromatic rings. The van der Waals surface area contributed by atoms with E-state index in [0.717, 1.165) is 27.5 Å². The summed E-state index contributed by atoms with van der Waals surface area (Å²) in [4.78, 5) is 14.8. The standard InChI is InChI=1S/C37H25N3/c1-4-12-26(13-5-1)27-20-22-28(23-21-27)31-24-25-34(33-19-11-10-18-32(31)33)37-39-35(29-14-6-2-7-15-29)38-36(40-37)30-16-8-3-9-17-30/h1-25H. The molecule has 6 aromatic carbocycles. The molecule has 0 amide bonds. The molecule has 0 fully saturated rings. The molecule has 0 aliphatic rings. The second-order valence-corrected chi connectivity index (χ2v) is 9.69. The van der Waals surface area contributed by atoms with Gasteiger partial charge in [-0.05, 0) is 39.1 Å². The van der Waals surface area contributed by atoms with Gasteiger partial charge in [0.05, 0.1) is 0 Å². The molecule has 40 heavy (non-hydrogen) atoms. The van der Waals surface area contributed by atoms with E-state index in [1.807, 2.05) is 66.7 Å². The number of hydrogen-bond acceptors (Lipinski definition) is 3. The van der Waals surface area contributed by atoms with E-state index < -0.39 is 0 Å². The van der Waals surface area contributed by atoms with Crippen LogP contribution in [0.5, 0.6) is 0 Å². The molecule has 1 heterocycles. The van der Waals surface area contributed by atoms with Gasteiger partial charge in [-0.15, -0.1) is 0 Å². The van der Waals surface area contributed by atoms with Crippen LogP contribution >= 0.6 is 0 Å². The Kier molecular flexibility index (Phi) is 6.15. The highest BCUT2D eigenvalue weighted by Crippen LogP contribution is 2.36. The van der Waals surface area contributed by atoms with Crippen LogP contribution in [-0.2, 0) is 0 Å². The highest BCUT2D eigenvalue weighted by atomic mass is 15.0. The van der Waals surface area contributed by atoms with Crippen LogP contribution in [0.4, 0.5) is 0 Å². The summed E-state index contributed by atoms with van der Waals surface area (Å²) >= 11 is 0. The van der Waals surface area contributed by atoms with Crippen LogP contribution in [0, 0.1) is 0 Å². The molecular weight excluding hydrogens is 486 g/mol. The first kappa shape index (κ1) is 23.7. The van der Waals surface area contributed by atoms with E-state index in [1.165, 1.54) is 22.3 Å². The maximum atomic E-state index is 4.97. The molecular formula is C37H25N3. The first-order chi connectivity index (χ1) is 19.8. The van der Waals surface area contributed by atoms with Crippen LogP contribution in [-0.4, -0.2) is 15.0 Å². The average molecular weight is 512 g/mol. The van der Waals surface area contributed by atoms with Crippen molar-refractivity contribution in [1.82, 2.24) is 15.0 Å². The minimum atomic E-state index is 0.661. The Morgan fingerprint density at radius 3 is 1.18 bits per heavy atom. The summed E-state index contributed by atoms with van der Waals surface area (Å²) in [5.41, 5.74) is 7.68. The monoisotopic (exact) mass is 511 g/mol. The van der Waals surface area contributed by atoms with Gasteiger partial charge < -0.3 is 0 Å². The third-order valence-electron chi connectivity index (χ3n) is 7.17. The summed E-state index contributed by atoms with van der Waals surface area (Å²) in [5, 5.41) is 2.27. The van der Waals surface area contributed by atoms with Crippen molar-refractivity contribution in [3.8, 4) is 56.4 Å².